The molecular formula is C13H15F4NO3. The highest BCUT2D eigenvalue weighted by Crippen LogP contribution is 2.32. The number of aliphatic carboxylic acids is 1. The highest BCUT2D eigenvalue weighted by atomic mass is 19.4. The van der Waals surface area contributed by atoms with Crippen LogP contribution in [0.5, 0.6) is 0 Å². The quantitative estimate of drug-likeness (QED) is 0.674. The zero-order chi connectivity index (χ0) is 16.0. The number of benzene rings is 1. The van der Waals surface area contributed by atoms with Crippen LogP contribution in [0.15, 0.2) is 18.2 Å². The van der Waals surface area contributed by atoms with Crippen LogP contribution in [-0.4, -0.2) is 29.3 Å². The topological polar surface area (TPSA) is 69.6 Å². The van der Waals surface area contributed by atoms with Crippen LogP contribution in [0.4, 0.5) is 17.6 Å². The van der Waals surface area contributed by atoms with E-state index in [1.165, 1.54) is 0 Å². The van der Waals surface area contributed by atoms with E-state index in [-0.39, 0.29) is 31.7 Å². The Morgan fingerprint density at radius 2 is 2.00 bits per heavy atom. The predicted octanol–water partition coefficient (Wildman–Crippen LogP) is 2.02. The van der Waals surface area contributed by atoms with E-state index in [2.05, 4.69) is 5.32 Å². The number of alkyl halides is 3. The van der Waals surface area contributed by atoms with Gasteiger partial charge >= 0.3 is 12.1 Å². The molecule has 0 spiro atoms. The van der Waals surface area contributed by atoms with Crippen LogP contribution in [0.2, 0.25) is 0 Å². The summed E-state index contributed by atoms with van der Waals surface area (Å²) < 4.78 is 51.1. The third-order valence-electron chi connectivity index (χ3n) is 2.91. The maximum Gasteiger partial charge on any atom is 0.416 e. The van der Waals surface area contributed by atoms with Gasteiger partial charge in [-0.3, -0.25) is 4.79 Å². The molecule has 0 aliphatic carbocycles. The van der Waals surface area contributed by atoms with Gasteiger partial charge in [0, 0.05) is 19.7 Å². The Balaban J connectivity index is 2.73. The Kier molecular flexibility index (Phi) is 6.10. The number of rotatable bonds is 7. The van der Waals surface area contributed by atoms with Gasteiger partial charge in [-0.25, -0.2) is 4.39 Å². The Morgan fingerprint density at radius 3 is 2.52 bits per heavy atom. The molecule has 0 fully saturated rings. The van der Waals surface area contributed by atoms with Crippen molar-refractivity contribution in [2.75, 3.05) is 13.2 Å². The van der Waals surface area contributed by atoms with Crippen LogP contribution < -0.4 is 5.32 Å². The Labute approximate surface area is 118 Å². The van der Waals surface area contributed by atoms with E-state index in [0.717, 1.165) is 12.1 Å². The lowest BCUT2D eigenvalue weighted by molar-refractivity contribution is -0.142. The van der Waals surface area contributed by atoms with Crippen molar-refractivity contribution in [1.82, 2.24) is 5.32 Å². The molecule has 21 heavy (non-hydrogen) atoms. The van der Waals surface area contributed by atoms with Crippen molar-refractivity contribution in [3.05, 3.63) is 35.1 Å². The van der Waals surface area contributed by atoms with E-state index in [1.54, 1.807) is 0 Å². The van der Waals surface area contributed by atoms with Gasteiger partial charge in [-0.1, -0.05) is 6.07 Å². The molecule has 1 aromatic rings. The third-order valence-corrected chi connectivity index (χ3v) is 2.91. The highest BCUT2D eigenvalue weighted by molar-refractivity contribution is 5.70. The molecule has 118 valence electrons. The van der Waals surface area contributed by atoms with Crippen molar-refractivity contribution >= 4 is 5.97 Å². The lowest BCUT2D eigenvalue weighted by Gasteiger charge is -2.15. The van der Waals surface area contributed by atoms with Crippen LogP contribution >= 0.6 is 0 Å². The van der Waals surface area contributed by atoms with E-state index in [1.807, 2.05) is 0 Å². The summed E-state index contributed by atoms with van der Waals surface area (Å²) in [6, 6.07) is 2.32. The molecule has 0 heterocycles. The van der Waals surface area contributed by atoms with Crippen LogP contribution in [0.25, 0.3) is 0 Å². The molecule has 0 aliphatic rings. The van der Waals surface area contributed by atoms with Crippen molar-refractivity contribution < 1.29 is 32.6 Å². The van der Waals surface area contributed by atoms with Crippen LogP contribution in [0.1, 0.15) is 17.5 Å². The molecule has 0 saturated carbocycles. The van der Waals surface area contributed by atoms with Gasteiger partial charge in [0.15, 0.2) is 0 Å². The molecule has 3 N–H and O–H groups in total. The van der Waals surface area contributed by atoms with E-state index < -0.39 is 29.4 Å². The Hall–Kier alpha value is -1.67. The van der Waals surface area contributed by atoms with Crippen molar-refractivity contribution in [1.29, 1.82) is 0 Å². The standard InChI is InChI=1S/C13H15F4NO3/c14-10-2-1-8(11(5-10)13(15,16)17)6-18-7-9(3-4-19)12(20)21/h1-2,5,9,18-19H,3-4,6-7H2,(H,20,21). The number of nitrogens with one attached hydrogen (secondary N) is 1. The summed E-state index contributed by atoms with van der Waals surface area (Å²) in [6.07, 6.45) is -4.69. The lowest BCUT2D eigenvalue weighted by Crippen LogP contribution is -2.29. The maximum absolute atomic E-state index is 12.9. The Morgan fingerprint density at radius 1 is 1.33 bits per heavy atom. The molecule has 1 rings (SSSR count). The van der Waals surface area contributed by atoms with Gasteiger partial charge in [-0.2, -0.15) is 13.2 Å². The van der Waals surface area contributed by atoms with Crippen molar-refractivity contribution in [2.45, 2.75) is 19.1 Å². The average Bonchev–Trinajstić information content (AvgIpc) is 2.38. The minimum atomic E-state index is -4.68. The van der Waals surface area contributed by atoms with Crippen molar-refractivity contribution in [3.8, 4) is 0 Å². The summed E-state index contributed by atoms with van der Waals surface area (Å²) >= 11 is 0. The molecule has 0 saturated heterocycles. The summed E-state index contributed by atoms with van der Waals surface area (Å²) in [5, 5.41) is 20.1. The number of aliphatic hydroxyl groups excluding tert-OH is 1. The van der Waals surface area contributed by atoms with Gasteiger partial charge < -0.3 is 15.5 Å². The molecule has 0 aliphatic heterocycles. The molecule has 0 radical (unpaired) electrons. The minimum absolute atomic E-state index is 0.00210. The van der Waals surface area contributed by atoms with E-state index in [9.17, 15) is 22.4 Å². The first kappa shape index (κ1) is 17.4. The lowest BCUT2D eigenvalue weighted by atomic mass is 10.0. The smallest absolute Gasteiger partial charge is 0.416 e. The molecular weight excluding hydrogens is 294 g/mol. The number of hydrogen-bond acceptors (Lipinski definition) is 3. The third kappa shape index (κ3) is 5.31. The van der Waals surface area contributed by atoms with E-state index in [0.29, 0.717) is 6.07 Å². The average molecular weight is 309 g/mol. The number of aliphatic hydroxyl groups is 1. The number of halogens is 4. The van der Waals surface area contributed by atoms with Gasteiger partial charge in [0.2, 0.25) is 0 Å². The molecule has 8 heteroatoms. The van der Waals surface area contributed by atoms with E-state index >= 15 is 0 Å². The molecule has 1 atom stereocenters. The number of carbonyl (C=O) groups is 1. The van der Waals surface area contributed by atoms with Crippen molar-refractivity contribution in [2.24, 2.45) is 5.92 Å². The minimum Gasteiger partial charge on any atom is -0.481 e. The molecule has 1 unspecified atom stereocenters. The zero-order valence-electron chi connectivity index (χ0n) is 11.0. The number of hydrogen-bond donors (Lipinski definition) is 3. The number of carboxylic acids is 1. The molecule has 0 amide bonds. The van der Waals surface area contributed by atoms with Crippen LogP contribution in [-0.2, 0) is 17.5 Å². The second kappa shape index (κ2) is 7.37. The summed E-state index contributed by atoms with van der Waals surface area (Å²) in [5.74, 6) is -3.04. The van der Waals surface area contributed by atoms with Crippen molar-refractivity contribution in [3.63, 3.8) is 0 Å². The van der Waals surface area contributed by atoms with Gasteiger partial charge in [0.05, 0.1) is 11.5 Å². The second-order valence-electron chi connectivity index (χ2n) is 4.48. The van der Waals surface area contributed by atoms with Crippen LogP contribution in [0, 0.1) is 11.7 Å². The molecule has 1 aromatic carbocycles. The Bertz CT molecular complexity index is 491. The van der Waals surface area contributed by atoms with Gasteiger partial charge in [0.25, 0.3) is 0 Å². The first-order valence-corrected chi connectivity index (χ1v) is 6.15. The van der Waals surface area contributed by atoms with Gasteiger partial charge in [-0.15, -0.1) is 0 Å². The summed E-state index contributed by atoms with van der Waals surface area (Å²) in [7, 11) is 0. The maximum atomic E-state index is 12.9. The highest BCUT2D eigenvalue weighted by Gasteiger charge is 2.33. The first-order valence-electron chi connectivity index (χ1n) is 6.15. The fourth-order valence-corrected chi connectivity index (χ4v) is 1.82. The zero-order valence-corrected chi connectivity index (χ0v) is 11.0. The van der Waals surface area contributed by atoms with E-state index in [4.69, 9.17) is 10.2 Å². The molecule has 0 bridgehead atoms. The second-order valence-corrected chi connectivity index (χ2v) is 4.48. The fourth-order valence-electron chi connectivity index (χ4n) is 1.82. The summed E-state index contributed by atoms with van der Waals surface area (Å²) in [5.41, 5.74) is -1.26. The SMILES string of the molecule is O=C(O)C(CCO)CNCc1ccc(F)cc1C(F)(F)F. The molecule has 4 nitrogen and oxygen atoms in total. The predicted molar refractivity (Wildman–Crippen MR) is 65.9 cm³/mol. The van der Waals surface area contributed by atoms with Gasteiger partial charge in [0.1, 0.15) is 5.82 Å². The van der Waals surface area contributed by atoms with Crippen LogP contribution in [0.3, 0.4) is 0 Å². The first-order chi connectivity index (χ1) is 9.75. The monoisotopic (exact) mass is 309 g/mol. The number of carboxylic acid groups (broad SMARTS) is 1. The fraction of sp³-hybridized carbons (Fsp3) is 0.462. The van der Waals surface area contributed by atoms with Gasteiger partial charge in [-0.05, 0) is 24.1 Å². The largest absolute Gasteiger partial charge is 0.481 e. The molecule has 0 aromatic heterocycles. The summed E-state index contributed by atoms with van der Waals surface area (Å²) in [4.78, 5) is 10.8. The normalized spacial score (nSPS) is 13.2. The summed E-state index contributed by atoms with van der Waals surface area (Å²) in [6.45, 7) is -0.669.